The monoisotopic (exact) mass is 537 g/mol. The highest BCUT2D eigenvalue weighted by Gasteiger charge is 2.43. The minimum absolute atomic E-state index is 0.127. The summed E-state index contributed by atoms with van der Waals surface area (Å²) in [7, 11) is 0. The van der Waals surface area contributed by atoms with Crippen LogP contribution in [0.25, 0.3) is 0 Å². The molecular weight excluding hydrogens is 468 g/mol. The van der Waals surface area contributed by atoms with Gasteiger partial charge in [-0.1, -0.05) is 167 Å². The van der Waals surface area contributed by atoms with Gasteiger partial charge < -0.3 is 9.84 Å². The SMILES string of the molecule is CCCCCCCCCCCCCCCCCCCCCCCCCCCC[C@]1(C)C[C@@](C)(O)CC(=O)O1. The molecule has 0 aromatic heterocycles. The molecule has 3 heteroatoms. The fraction of sp³-hybridized carbons (Fsp3) is 0.971. The fourth-order valence-corrected chi connectivity index (χ4v) is 6.48. The zero-order valence-corrected chi connectivity index (χ0v) is 26.3. The molecule has 2 atom stereocenters. The minimum atomic E-state index is -0.907. The number of rotatable bonds is 27. The number of esters is 1. The van der Waals surface area contributed by atoms with Crippen LogP contribution in [0.4, 0.5) is 0 Å². The summed E-state index contributed by atoms with van der Waals surface area (Å²) in [6.07, 6.45) is 38.2. The van der Waals surface area contributed by atoms with Crippen molar-refractivity contribution in [2.75, 3.05) is 0 Å². The lowest BCUT2D eigenvalue weighted by Gasteiger charge is -2.40. The van der Waals surface area contributed by atoms with E-state index in [1.165, 1.54) is 161 Å². The van der Waals surface area contributed by atoms with Crippen LogP contribution in [0.5, 0.6) is 0 Å². The van der Waals surface area contributed by atoms with Gasteiger partial charge in [0.2, 0.25) is 0 Å². The zero-order chi connectivity index (χ0) is 27.8. The highest BCUT2D eigenvalue weighted by atomic mass is 16.6. The molecule has 38 heavy (non-hydrogen) atoms. The number of aliphatic hydroxyl groups is 1. The molecule has 1 rings (SSSR count). The largest absolute Gasteiger partial charge is 0.459 e. The molecule has 1 fully saturated rings. The van der Waals surface area contributed by atoms with Crippen molar-refractivity contribution in [3.63, 3.8) is 0 Å². The topological polar surface area (TPSA) is 46.5 Å². The van der Waals surface area contributed by atoms with E-state index in [0.717, 1.165) is 12.8 Å². The van der Waals surface area contributed by atoms with Gasteiger partial charge in [-0.15, -0.1) is 0 Å². The Bertz CT molecular complexity index is 543. The van der Waals surface area contributed by atoms with Gasteiger partial charge in [0.1, 0.15) is 5.60 Å². The van der Waals surface area contributed by atoms with E-state index in [1.54, 1.807) is 6.92 Å². The molecule has 0 saturated carbocycles. The highest BCUT2D eigenvalue weighted by Crippen LogP contribution is 2.36. The third-order valence-corrected chi connectivity index (χ3v) is 8.70. The quantitative estimate of drug-likeness (QED) is 0.0838. The number of carbonyl (C=O) groups is 1. The summed E-state index contributed by atoms with van der Waals surface area (Å²) < 4.78 is 5.57. The summed E-state index contributed by atoms with van der Waals surface area (Å²) in [6.45, 7) is 6.04. The Labute approximate surface area is 238 Å². The van der Waals surface area contributed by atoms with Crippen LogP contribution >= 0.6 is 0 Å². The summed E-state index contributed by atoms with van der Waals surface area (Å²) >= 11 is 0. The molecule has 1 saturated heterocycles. The number of carbonyl (C=O) groups excluding carboxylic acids is 1. The van der Waals surface area contributed by atoms with Crippen LogP contribution in [-0.4, -0.2) is 22.3 Å². The summed E-state index contributed by atoms with van der Waals surface area (Å²) in [4.78, 5) is 11.8. The molecule has 0 radical (unpaired) electrons. The fourth-order valence-electron chi connectivity index (χ4n) is 6.48. The van der Waals surface area contributed by atoms with E-state index in [0.29, 0.717) is 6.42 Å². The first-order chi connectivity index (χ1) is 18.4. The average Bonchev–Trinajstić information content (AvgIpc) is 2.84. The van der Waals surface area contributed by atoms with Gasteiger partial charge in [0.15, 0.2) is 0 Å². The van der Waals surface area contributed by atoms with E-state index in [9.17, 15) is 9.90 Å². The zero-order valence-electron chi connectivity index (χ0n) is 26.3. The van der Waals surface area contributed by atoms with Crippen LogP contribution in [0.2, 0.25) is 0 Å². The molecule has 3 nitrogen and oxygen atoms in total. The molecule has 0 spiro atoms. The van der Waals surface area contributed by atoms with Crippen molar-refractivity contribution in [2.45, 2.75) is 218 Å². The second-order valence-corrected chi connectivity index (χ2v) is 13.4. The van der Waals surface area contributed by atoms with E-state index >= 15 is 0 Å². The summed E-state index contributed by atoms with van der Waals surface area (Å²) in [5.74, 6) is -0.251. The Balaban J connectivity index is 1.72. The molecule has 0 bridgehead atoms. The van der Waals surface area contributed by atoms with Gasteiger partial charge in [0, 0.05) is 6.42 Å². The van der Waals surface area contributed by atoms with Crippen LogP contribution in [0.3, 0.4) is 0 Å². The predicted octanol–water partition coefficient (Wildman–Crippen LogP) is 11.4. The smallest absolute Gasteiger partial charge is 0.309 e. The van der Waals surface area contributed by atoms with Crippen molar-refractivity contribution >= 4 is 5.97 Å². The average molecular weight is 537 g/mol. The van der Waals surface area contributed by atoms with Gasteiger partial charge in [-0.3, -0.25) is 4.79 Å². The molecule has 0 aromatic carbocycles. The van der Waals surface area contributed by atoms with Gasteiger partial charge >= 0.3 is 5.97 Å². The molecule has 0 aliphatic carbocycles. The van der Waals surface area contributed by atoms with E-state index < -0.39 is 11.2 Å². The standard InChI is InChI=1S/C35H68O3/c1-4-5-6-7-8-9-10-11-12-13-14-15-16-17-18-19-20-21-22-23-24-25-26-27-28-29-30-35(3)32-34(2,37)31-33(36)38-35/h37H,4-32H2,1-3H3/t34-,35+/m0/s1. The normalized spacial score (nSPS) is 21.6. The Kier molecular flexibility index (Phi) is 21.6. The molecular formula is C35H68O3. The second kappa shape index (κ2) is 23.2. The molecule has 0 aromatic rings. The van der Waals surface area contributed by atoms with Gasteiger partial charge in [-0.05, 0) is 26.7 Å². The van der Waals surface area contributed by atoms with Gasteiger partial charge in [-0.2, -0.15) is 0 Å². The number of hydrogen-bond donors (Lipinski definition) is 1. The third kappa shape index (κ3) is 21.3. The van der Waals surface area contributed by atoms with Gasteiger partial charge in [-0.25, -0.2) is 0 Å². The number of cyclic esters (lactones) is 1. The van der Waals surface area contributed by atoms with Crippen molar-refractivity contribution in [2.24, 2.45) is 0 Å². The van der Waals surface area contributed by atoms with Gasteiger partial charge in [0.05, 0.1) is 12.0 Å². The molecule has 0 amide bonds. The Morgan fingerprint density at radius 2 is 0.842 bits per heavy atom. The van der Waals surface area contributed by atoms with Crippen molar-refractivity contribution in [3.05, 3.63) is 0 Å². The Morgan fingerprint density at radius 1 is 0.553 bits per heavy atom. The van der Waals surface area contributed by atoms with Crippen LogP contribution < -0.4 is 0 Å². The van der Waals surface area contributed by atoms with Crippen LogP contribution in [0.1, 0.15) is 207 Å². The first-order valence-electron chi connectivity index (χ1n) is 17.3. The summed E-state index contributed by atoms with van der Waals surface area (Å²) in [5.41, 5.74) is -1.39. The summed E-state index contributed by atoms with van der Waals surface area (Å²) in [5, 5.41) is 10.3. The summed E-state index contributed by atoms with van der Waals surface area (Å²) in [6, 6.07) is 0. The van der Waals surface area contributed by atoms with Crippen molar-refractivity contribution < 1.29 is 14.6 Å². The number of unbranched alkanes of at least 4 members (excludes halogenated alkanes) is 25. The van der Waals surface area contributed by atoms with Crippen molar-refractivity contribution in [1.82, 2.24) is 0 Å². The van der Waals surface area contributed by atoms with Crippen LogP contribution in [0, 0.1) is 0 Å². The van der Waals surface area contributed by atoms with Crippen LogP contribution in [-0.2, 0) is 9.53 Å². The number of ether oxygens (including phenoxy) is 1. The molecule has 1 N–H and O–H groups in total. The minimum Gasteiger partial charge on any atom is -0.459 e. The Hall–Kier alpha value is -0.570. The molecule has 1 aliphatic heterocycles. The van der Waals surface area contributed by atoms with E-state index in [4.69, 9.17) is 4.74 Å². The van der Waals surface area contributed by atoms with E-state index in [-0.39, 0.29) is 12.4 Å². The van der Waals surface area contributed by atoms with E-state index in [1.807, 2.05) is 6.92 Å². The first-order valence-corrected chi connectivity index (χ1v) is 17.3. The second-order valence-electron chi connectivity index (χ2n) is 13.4. The Morgan fingerprint density at radius 3 is 1.13 bits per heavy atom. The van der Waals surface area contributed by atoms with E-state index in [2.05, 4.69) is 6.92 Å². The maximum absolute atomic E-state index is 11.8. The molecule has 0 unspecified atom stereocenters. The maximum Gasteiger partial charge on any atom is 0.309 e. The van der Waals surface area contributed by atoms with Crippen molar-refractivity contribution in [1.29, 1.82) is 0 Å². The maximum atomic E-state index is 11.8. The van der Waals surface area contributed by atoms with Crippen LogP contribution in [0.15, 0.2) is 0 Å². The molecule has 1 heterocycles. The lowest BCUT2D eigenvalue weighted by molar-refractivity contribution is -0.185. The lowest BCUT2D eigenvalue weighted by Crippen LogP contribution is -2.48. The number of hydrogen-bond acceptors (Lipinski definition) is 3. The van der Waals surface area contributed by atoms with Gasteiger partial charge in [0.25, 0.3) is 0 Å². The van der Waals surface area contributed by atoms with Crippen molar-refractivity contribution in [3.8, 4) is 0 Å². The first kappa shape index (κ1) is 35.5. The molecule has 226 valence electrons. The predicted molar refractivity (Wildman–Crippen MR) is 165 cm³/mol. The third-order valence-electron chi connectivity index (χ3n) is 8.70. The molecule has 1 aliphatic rings. The highest BCUT2D eigenvalue weighted by molar-refractivity contribution is 5.72. The lowest BCUT2D eigenvalue weighted by atomic mass is 9.81.